The van der Waals surface area contributed by atoms with Crippen LogP contribution in [0.3, 0.4) is 0 Å². The Hall–Kier alpha value is -3.98. The van der Waals surface area contributed by atoms with Gasteiger partial charge in [0.2, 0.25) is 5.89 Å². The van der Waals surface area contributed by atoms with Crippen molar-refractivity contribution in [3.63, 3.8) is 0 Å². The number of nitriles is 1. The second-order valence-electron chi connectivity index (χ2n) is 6.28. The Morgan fingerprint density at radius 2 is 1.96 bits per heavy atom. The lowest BCUT2D eigenvalue weighted by atomic mass is 10.1. The van der Waals surface area contributed by atoms with Crippen molar-refractivity contribution in [1.29, 1.82) is 5.26 Å². The quantitative estimate of drug-likeness (QED) is 0.545. The van der Waals surface area contributed by atoms with E-state index in [1.165, 1.54) is 12.1 Å². The number of carbonyl (C=O) groups is 1. The molecule has 1 N–H and O–H groups in total. The van der Waals surface area contributed by atoms with Crippen molar-refractivity contribution in [2.24, 2.45) is 0 Å². The predicted octanol–water partition coefficient (Wildman–Crippen LogP) is 5.07. The van der Waals surface area contributed by atoms with Gasteiger partial charge in [0.15, 0.2) is 5.58 Å². The van der Waals surface area contributed by atoms with Crippen molar-refractivity contribution >= 4 is 22.7 Å². The van der Waals surface area contributed by atoms with Crippen LogP contribution in [0.2, 0.25) is 0 Å². The number of nitrogens with one attached hydrogen (secondary N) is 1. The number of anilines is 1. The van der Waals surface area contributed by atoms with Crippen molar-refractivity contribution < 1.29 is 13.6 Å². The first-order chi connectivity index (χ1) is 13.5. The Kier molecular flexibility index (Phi) is 4.34. The van der Waals surface area contributed by atoms with E-state index in [2.05, 4.69) is 10.3 Å². The van der Waals surface area contributed by atoms with Crippen molar-refractivity contribution in [3.8, 4) is 17.5 Å². The second-order valence-corrected chi connectivity index (χ2v) is 6.28. The van der Waals surface area contributed by atoms with E-state index in [4.69, 9.17) is 9.68 Å². The van der Waals surface area contributed by atoms with E-state index in [1.807, 2.05) is 37.3 Å². The SMILES string of the molecule is Cc1ccccc1-c1nc2cc(NC(=O)c3ccc(C#N)cc3F)ccc2o1. The average Bonchev–Trinajstić information content (AvgIpc) is 3.11. The summed E-state index contributed by atoms with van der Waals surface area (Å²) in [5.41, 5.74) is 3.58. The number of carbonyl (C=O) groups excluding carboxylic acids is 1. The number of aryl methyl sites for hydroxylation is 1. The van der Waals surface area contributed by atoms with Crippen molar-refractivity contribution in [1.82, 2.24) is 4.98 Å². The summed E-state index contributed by atoms with van der Waals surface area (Å²) in [6.45, 7) is 1.97. The summed E-state index contributed by atoms with van der Waals surface area (Å²) in [7, 11) is 0. The lowest BCUT2D eigenvalue weighted by Gasteiger charge is -2.06. The number of aromatic nitrogens is 1. The fourth-order valence-corrected chi connectivity index (χ4v) is 2.90. The zero-order valence-electron chi connectivity index (χ0n) is 14.9. The van der Waals surface area contributed by atoms with Crippen LogP contribution in [0.4, 0.5) is 10.1 Å². The third-order valence-electron chi connectivity index (χ3n) is 4.36. The maximum absolute atomic E-state index is 14.0. The molecule has 0 aliphatic carbocycles. The molecule has 0 fully saturated rings. The van der Waals surface area contributed by atoms with Gasteiger partial charge in [-0.25, -0.2) is 9.37 Å². The molecule has 0 spiro atoms. The van der Waals surface area contributed by atoms with Crippen LogP contribution in [0.25, 0.3) is 22.6 Å². The number of amides is 1. The van der Waals surface area contributed by atoms with Gasteiger partial charge in [-0.2, -0.15) is 5.26 Å². The van der Waals surface area contributed by atoms with Gasteiger partial charge in [-0.1, -0.05) is 18.2 Å². The summed E-state index contributed by atoms with van der Waals surface area (Å²) in [4.78, 5) is 16.9. The third-order valence-corrected chi connectivity index (χ3v) is 4.36. The number of benzene rings is 3. The standard InChI is InChI=1S/C22H14FN3O2/c1-13-4-2-3-5-16(13)22-26-19-11-15(7-9-20(19)28-22)25-21(27)17-8-6-14(12-24)10-18(17)23/h2-11H,1H3,(H,25,27). The summed E-state index contributed by atoms with van der Waals surface area (Å²) >= 11 is 0. The monoisotopic (exact) mass is 371 g/mol. The van der Waals surface area contributed by atoms with Crippen LogP contribution in [-0.4, -0.2) is 10.9 Å². The minimum atomic E-state index is -0.749. The number of fused-ring (bicyclic) bond motifs is 1. The van der Waals surface area contributed by atoms with E-state index in [-0.39, 0.29) is 11.1 Å². The van der Waals surface area contributed by atoms with E-state index < -0.39 is 11.7 Å². The fourth-order valence-electron chi connectivity index (χ4n) is 2.90. The van der Waals surface area contributed by atoms with Gasteiger partial charge in [-0.15, -0.1) is 0 Å². The lowest BCUT2D eigenvalue weighted by molar-refractivity contribution is 0.102. The lowest BCUT2D eigenvalue weighted by Crippen LogP contribution is -2.13. The molecule has 136 valence electrons. The molecule has 1 heterocycles. The molecule has 0 unspecified atom stereocenters. The van der Waals surface area contributed by atoms with Crippen LogP contribution < -0.4 is 5.32 Å². The van der Waals surface area contributed by atoms with Gasteiger partial charge >= 0.3 is 0 Å². The average molecular weight is 371 g/mol. The summed E-state index contributed by atoms with van der Waals surface area (Å²) in [5.74, 6) is -0.862. The van der Waals surface area contributed by atoms with Gasteiger partial charge in [-0.3, -0.25) is 4.79 Å². The molecular weight excluding hydrogens is 357 g/mol. The van der Waals surface area contributed by atoms with Crippen molar-refractivity contribution in [2.75, 3.05) is 5.32 Å². The molecule has 1 aromatic heterocycles. The highest BCUT2D eigenvalue weighted by molar-refractivity contribution is 6.05. The molecule has 0 atom stereocenters. The highest BCUT2D eigenvalue weighted by Crippen LogP contribution is 2.28. The predicted molar refractivity (Wildman–Crippen MR) is 103 cm³/mol. The van der Waals surface area contributed by atoms with Gasteiger partial charge < -0.3 is 9.73 Å². The molecule has 6 heteroatoms. The Morgan fingerprint density at radius 3 is 2.71 bits per heavy atom. The number of rotatable bonds is 3. The molecule has 0 bridgehead atoms. The summed E-state index contributed by atoms with van der Waals surface area (Å²) < 4.78 is 19.8. The molecule has 0 saturated heterocycles. The molecule has 0 aliphatic rings. The number of oxazole rings is 1. The molecule has 0 saturated carbocycles. The zero-order chi connectivity index (χ0) is 19.7. The van der Waals surface area contributed by atoms with Crippen LogP contribution in [-0.2, 0) is 0 Å². The van der Waals surface area contributed by atoms with Gasteiger partial charge in [0.05, 0.1) is 17.2 Å². The van der Waals surface area contributed by atoms with E-state index in [0.29, 0.717) is 22.7 Å². The third kappa shape index (κ3) is 3.21. The van der Waals surface area contributed by atoms with E-state index in [0.717, 1.165) is 17.2 Å². The van der Waals surface area contributed by atoms with E-state index in [1.54, 1.807) is 18.2 Å². The van der Waals surface area contributed by atoms with Crippen molar-refractivity contribution in [2.45, 2.75) is 6.92 Å². The van der Waals surface area contributed by atoms with Gasteiger partial charge in [0.1, 0.15) is 11.3 Å². The molecule has 5 nitrogen and oxygen atoms in total. The van der Waals surface area contributed by atoms with E-state index in [9.17, 15) is 9.18 Å². The molecule has 4 rings (SSSR count). The molecule has 0 aliphatic heterocycles. The van der Waals surface area contributed by atoms with Crippen molar-refractivity contribution in [3.05, 3.63) is 83.2 Å². The zero-order valence-corrected chi connectivity index (χ0v) is 14.9. The first-order valence-corrected chi connectivity index (χ1v) is 8.53. The smallest absolute Gasteiger partial charge is 0.258 e. The topological polar surface area (TPSA) is 78.9 Å². The molecular formula is C22H14FN3O2. The highest BCUT2D eigenvalue weighted by atomic mass is 19.1. The van der Waals surface area contributed by atoms with Crippen LogP contribution in [0.5, 0.6) is 0 Å². The normalized spacial score (nSPS) is 10.6. The summed E-state index contributed by atoms with van der Waals surface area (Å²) in [6.07, 6.45) is 0. The van der Waals surface area contributed by atoms with E-state index >= 15 is 0 Å². The van der Waals surface area contributed by atoms with Crippen LogP contribution in [0, 0.1) is 24.1 Å². The van der Waals surface area contributed by atoms with Gasteiger partial charge in [0.25, 0.3) is 5.91 Å². The van der Waals surface area contributed by atoms with Gasteiger partial charge in [-0.05, 0) is 55.0 Å². The molecule has 4 aromatic rings. The van der Waals surface area contributed by atoms with Crippen LogP contribution in [0.15, 0.2) is 65.1 Å². The second kappa shape index (κ2) is 6.97. The maximum atomic E-state index is 14.0. The number of nitrogens with zero attached hydrogens (tertiary/aromatic N) is 2. The van der Waals surface area contributed by atoms with Crippen LogP contribution in [0.1, 0.15) is 21.5 Å². The minimum Gasteiger partial charge on any atom is -0.436 e. The Morgan fingerprint density at radius 1 is 1.14 bits per heavy atom. The Bertz CT molecular complexity index is 1250. The molecule has 0 radical (unpaired) electrons. The highest BCUT2D eigenvalue weighted by Gasteiger charge is 2.14. The van der Waals surface area contributed by atoms with Gasteiger partial charge in [0, 0.05) is 11.3 Å². The number of halogens is 1. The molecule has 3 aromatic carbocycles. The summed E-state index contributed by atoms with van der Waals surface area (Å²) in [5, 5.41) is 11.4. The molecule has 1 amide bonds. The summed E-state index contributed by atoms with van der Waals surface area (Å²) in [6, 6.07) is 18.3. The Labute approximate surface area is 160 Å². The number of hydrogen-bond donors (Lipinski definition) is 1. The Balaban J connectivity index is 1.63. The van der Waals surface area contributed by atoms with Crippen LogP contribution >= 0.6 is 0 Å². The fraction of sp³-hybridized carbons (Fsp3) is 0.0455. The largest absolute Gasteiger partial charge is 0.436 e. The first kappa shape index (κ1) is 17.4. The molecule has 28 heavy (non-hydrogen) atoms. The minimum absolute atomic E-state index is 0.139. The maximum Gasteiger partial charge on any atom is 0.258 e. The number of hydrogen-bond acceptors (Lipinski definition) is 4. The first-order valence-electron chi connectivity index (χ1n) is 8.53.